The second-order valence-corrected chi connectivity index (χ2v) is 6.70. The van der Waals surface area contributed by atoms with Gasteiger partial charge in [0.05, 0.1) is 18.4 Å². The summed E-state index contributed by atoms with van der Waals surface area (Å²) in [6.45, 7) is 5.39. The molecule has 1 heterocycles. The molecule has 0 N–H and O–H groups in total. The van der Waals surface area contributed by atoms with Crippen LogP contribution in [0.4, 0.5) is 14.9 Å². The van der Waals surface area contributed by atoms with Crippen LogP contribution in [0.3, 0.4) is 0 Å². The van der Waals surface area contributed by atoms with E-state index >= 15 is 0 Å². The lowest BCUT2D eigenvalue weighted by molar-refractivity contribution is -0.134. The minimum absolute atomic E-state index is 0.00289. The van der Waals surface area contributed by atoms with E-state index in [1.807, 2.05) is 13.8 Å². The zero-order valence-electron chi connectivity index (χ0n) is 19.7. The van der Waals surface area contributed by atoms with Crippen molar-refractivity contribution in [2.24, 2.45) is 15.3 Å². The molecule has 36 heavy (non-hydrogen) atoms. The molecule has 0 radical (unpaired) electrons. The summed E-state index contributed by atoms with van der Waals surface area (Å²) in [6.07, 6.45) is -1.07. The van der Waals surface area contributed by atoms with Gasteiger partial charge in [0.2, 0.25) is 5.78 Å². The summed E-state index contributed by atoms with van der Waals surface area (Å²) >= 11 is 0. The number of amidine groups is 1. The Morgan fingerprint density at radius 1 is 1.08 bits per heavy atom. The molecule has 186 valence electrons. The fourth-order valence-electron chi connectivity index (χ4n) is 3.20. The van der Waals surface area contributed by atoms with Crippen LogP contribution in [-0.4, -0.2) is 35.8 Å². The highest BCUT2D eigenvalue weighted by molar-refractivity contribution is 6.43. The van der Waals surface area contributed by atoms with Crippen molar-refractivity contribution in [3.8, 4) is 5.75 Å². The molecule has 0 aliphatic carbocycles. The number of nitrogens with zero attached hydrogens (tertiary/aromatic N) is 6. The number of allylic oxidation sites excluding steroid dienone is 1. The molecule has 3 rings (SSSR count). The van der Waals surface area contributed by atoms with Crippen LogP contribution in [0.1, 0.15) is 32.4 Å². The molecule has 2 amide bonds. The van der Waals surface area contributed by atoms with E-state index in [0.717, 1.165) is 17.0 Å². The van der Waals surface area contributed by atoms with Gasteiger partial charge in [-0.3, -0.25) is 9.59 Å². The van der Waals surface area contributed by atoms with Gasteiger partial charge in [-0.1, -0.05) is 26.0 Å². The van der Waals surface area contributed by atoms with Gasteiger partial charge in [-0.05, 0) is 64.7 Å². The van der Waals surface area contributed by atoms with Crippen molar-refractivity contribution in [1.82, 2.24) is 4.90 Å². The molecule has 1 aliphatic rings. The number of Topliss-reactive ketones (excluding diaryl/α,β-unsaturated/α-hetero) is 1. The Labute approximate surface area is 204 Å². The number of ether oxygens (including phenoxy) is 2. The lowest BCUT2D eigenvalue weighted by Crippen LogP contribution is -2.46. The van der Waals surface area contributed by atoms with E-state index in [2.05, 4.69) is 20.2 Å². The van der Waals surface area contributed by atoms with Gasteiger partial charge in [0.25, 0.3) is 5.91 Å². The maximum Gasteiger partial charge on any atom is 0.424 e. The minimum Gasteiger partial charge on any atom is -0.468 e. The number of hydrogen-bond donors (Lipinski definition) is 0. The molecule has 0 spiro atoms. The Morgan fingerprint density at radius 3 is 2.22 bits per heavy atom. The number of benzene rings is 2. The fourth-order valence-corrected chi connectivity index (χ4v) is 3.20. The van der Waals surface area contributed by atoms with E-state index in [1.165, 1.54) is 50.4 Å². The lowest BCUT2D eigenvalue weighted by atomic mass is 9.91. The summed E-state index contributed by atoms with van der Waals surface area (Å²) in [7, 11) is 1.22. The zero-order chi connectivity index (χ0) is 26.8. The van der Waals surface area contributed by atoms with Crippen LogP contribution in [-0.2, 0) is 14.3 Å². The summed E-state index contributed by atoms with van der Waals surface area (Å²) in [5.41, 5.74) is 8.56. The third-order valence-corrected chi connectivity index (χ3v) is 4.68. The smallest absolute Gasteiger partial charge is 0.424 e. The average molecular weight is 496 g/mol. The number of hydrogen-bond acceptors (Lipinski definition) is 8. The lowest BCUT2D eigenvalue weighted by Gasteiger charge is -2.35. The van der Waals surface area contributed by atoms with Crippen molar-refractivity contribution in [3.05, 3.63) is 86.5 Å². The Morgan fingerprint density at radius 2 is 1.69 bits per heavy atom. The maximum atomic E-state index is 13.6. The molecule has 13 heteroatoms. The normalized spacial score (nSPS) is 14.4. The van der Waals surface area contributed by atoms with Gasteiger partial charge >= 0.3 is 12.1 Å². The Hall–Kier alpha value is -4.90. The second kappa shape index (κ2) is 12.5. The Kier molecular flexibility index (Phi) is 9.52. The first kappa shape index (κ1) is 27.3. The molecule has 1 atom stereocenters. The number of halogens is 1. The standard InChI is InChI=1S/C21H15FN6O6.C2H6/c1-11-16(18(29)19(30)25-27-23)17(12-3-5-13(22)6-4-12)28(20(24-11)33-2)21(31)34-15-9-7-14(26-32)8-10-15;1-2/h3-10,17H,1-2H3;1-2H3. The van der Waals surface area contributed by atoms with E-state index < -0.39 is 29.6 Å². The predicted molar refractivity (Wildman–Crippen MR) is 127 cm³/mol. The van der Waals surface area contributed by atoms with E-state index in [1.54, 1.807) is 0 Å². The SMILES string of the molecule is CC.COC1=NC(C)=C(C(=O)C(=O)N=[N+]=[N-])C(c2ccc(F)cc2)N1C(=O)Oc1ccc(N=O)cc1. The second-order valence-electron chi connectivity index (χ2n) is 6.70. The summed E-state index contributed by atoms with van der Waals surface area (Å²) in [4.78, 5) is 56.0. The van der Waals surface area contributed by atoms with Gasteiger partial charge in [0.15, 0.2) is 0 Å². The number of aliphatic imine (C=N–C) groups is 1. The first-order valence-electron chi connectivity index (χ1n) is 10.5. The van der Waals surface area contributed by atoms with Crippen LogP contribution in [0.25, 0.3) is 10.4 Å². The van der Waals surface area contributed by atoms with E-state index in [-0.39, 0.29) is 34.3 Å². The molecule has 0 bridgehead atoms. The first-order valence-corrected chi connectivity index (χ1v) is 10.5. The van der Waals surface area contributed by atoms with Gasteiger partial charge in [-0.2, -0.15) is 0 Å². The third-order valence-electron chi connectivity index (χ3n) is 4.68. The summed E-state index contributed by atoms with van der Waals surface area (Å²) < 4.78 is 24.1. The van der Waals surface area contributed by atoms with Crippen LogP contribution < -0.4 is 4.74 Å². The molecule has 0 fully saturated rings. The van der Waals surface area contributed by atoms with Crippen molar-refractivity contribution in [2.45, 2.75) is 26.8 Å². The number of ketones is 1. The van der Waals surface area contributed by atoms with E-state index in [0.29, 0.717) is 0 Å². The number of nitroso groups, excluding NO2 is 1. The van der Waals surface area contributed by atoms with Crippen molar-refractivity contribution >= 4 is 29.5 Å². The van der Waals surface area contributed by atoms with Crippen LogP contribution in [0, 0.1) is 10.7 Å². The monoisotopic (exact) mass is 496 g/mol. The molecule has 12 nitrogen and oxygen atoms in total. The molecule has 0 saturated carbocycles. The quantitative estimate of drug-likeness (QED) is 0.175. The Bertz CT molecular complexity index is 1270. The largest absolute Gasteiger partial charge is 0.468 e. The van der Waals surface area contributed by atoms with Crippen LogP contribution in [0.2, 0.25) is 0 Å². The van der Waals surface area contributed by atoms with Crippen molar-refractivity contribution < 1.29 is 28.2 Å². The molecule has 0 aromatic heterocycles. The molecule has 1 unspecified atom stereocenters. The molecule has 2 aromatic rings. The third kappa shape index (κ3) is 5.96. The number of methoxy groups -OCH3 is 1. The fraction of sp³-hybridized carbons (Fsp3) is 0.217. The Balaban J connectivity index is 0.00000222. The molecule has 0 saturated heterocycles. The predicted octanol–water partition coefficient (Wildman–Crippen LogP) is 5.49. The van der Waals surface area contributed by atoms with E-state index in [4.69, 9.17) is 15.0 Å². The van der Waals surface area contributed by atoms with Crippen LogP contribution in [0.5, 0.6) is 5.75 Å². The molecular weight excluding hydrogens is 475 g/mol. The number of amides is 2. The van der Waals surface area contributed by atoms with Crippen LogP contribution >= 0.6 is 0 Å². The highest BCUT2D eigenvalue weighted by Crippen LogP contribution is 2.37. The highest BCUT2D eigenvalue weighted by atomic mass is 19.1. The van der Waals surface area contributed by atoms with E-state index in [9.17, 15) is 23.7 Å². The number of rotatable bonds is 5. The van der Waals surface area contributed by atoms with Crippen LogP contribution in [0.15, 0.2) is 75.1 Å². The molecule has 2 aromatic carbocycles. The van der Waals surface area contributed by atoms with Gasteiger partial charge < -0.3 is 9.47 Å². The number of carbonyl (C=O) groups is 3. The minimum atomic E-state index is -1.43. The zero-order valence-corrected chi connectivity index (χ0v) is 19.7. The van der Waals surface area contributed by atoms with Gasteiger partial charge in [0, 0.05) is 4.91 Å². The topological polar surface area (TPSA) is 163 Å². The van der Waals surface area contributed by atoms with Crippen molar-refractivity contribution in [2.75, 3.05) is 7.11 Å². The van der Waals surface area contributed by atoms with Crippen molar-refractivity contribution in [1.29, 1.82) is 0 Å². The summed E-state index contributed by atoms with van der Waals surface area (Å²) in [5, 5.41) is 5.57. The molecule has 1 aliphatic heterocycles. The highest BCUT2D eigenvalue weighted by Gasteiger charge is 2.42. The maximum absolute atomic E-state index is 13.6. The molecular formula is C23H21FN6O6. The number of carbonyl (C=O) groups excluding carboxylic acids is 3. The van der Waals surface area contributed by atoms with Gasteiger partial charge in [0.1, 0.15) is 23.3 Å². The first-order chi connectivity index (χ1) is 17.3. The average Bonchev–Trinajstić information content (AvgIpc) is 2.89. The summed E-state index contributed by atoms with van der Waals surface area (Å²) in [5.74, 6) is -3.21. The summed E-state index contributed by atoms with van der Waals surface area (Å²) in [6, 6.07) is 8.39. The van der Waals surface area contributed by atoms with Gasteiger partial charge in [-0.15, -0.1) is 4.91 Å². The van der Waals surface area contributed by atoms with Gasteiger partial charge in [-0.25, -0.2) is 19.1 Å². The van der Waals surface area contributed by atoms with Crippen molar-refractivity contribution in [3.63, 3.8) is 0 Å². The number of azide groups is 1.